The van der Waals surface area contributed by atoms with Crippen LogP contribution in [0.2, 0.25) is 5.02 Å². The molecule has 1 aromatic carbocycles. The van der Waals surface area contributed by atoms with Crippen LogP contribution in [0, 0.1) is 5.92 Å². The lowest BCUT2D eigenvalue weighted by molar-refractivity contribution is 0.0946. The number of rotatable bonds is 3. The molecule has 0 aliphatic carbocycles. The van der Waals surface area contributed by atoms with E-state index in [1.165, 1.54) is 0 Å². The van der Waals surface area contributed by atoms with Crippen LogP contribution in [0.1, 0.15) is 24.3 Å². The van der Waals surface area contributed by atoms with Gasteiger partial charge in [0.25, 0.3) is 5.91 Å². The van der Waals surface area contributed by atoms with Crippen molar-refractivity contribution in [2.75, 3.05) is 12.3 Å². The number of nitrogens with two attached hydrogens (primary N) is 1. The van der Waals surface area contributed by atoms with Crippen LogP contribution in [0.3, 0.4) is 0 Å². The zero-order chi connectivity index (χ0) is 14.0. The number of carbonyl (C=O) groups is 1. The number of pyridine rings is 1. The van der Waals surface area contributed by atoms with Crippen molar-refractivity contribution < 1.29 is 4.79 Å². The number of carbonyl (C=O) groups excluding carboxylic acids is 1. The molecule has 1 aromatic heterocycles. The third-order valence-corrected chi connectivity index (χ3v) is 2.98. The molecule has 0 fully saturated rings. The summed E-state index contributed by atoms with van der Waals surface area (Å²) < 4.78 is 0. The average molecular weight is 278 g/mol. The average Bonchev–Trinajstić information content (AvgIpc) is 2.35. The first kappa shape index (κ1) is 13.6. The van der Waals surface area contributed by atoms with E-state index >= 15 is 0 Å². The van der Waals surface area contributed by atoms with Crippen molar-refractivity contribution in [3.8, 4) is 0 Å². The number of hydrogen-bond acceptors (Lipinski definition) is 3. The summed E-state index contributed by atoms with van der Waals surface area (Å²) in [6.45, 7) is 4.67. The van der Waals surface area contributed by atoms with E-state index in [0.29, 0.717) is 34.3 Å². The summed E-state index contributed by atoms with van der Waals surface area (Å²) in [5, 5.41) is 4.80. The molecule has 0 radical (unpaired) electrons. The van der Waals surface area contributed by atoms with Gasteiger partial charge in [-0.15, -0.1) is 0 Å². The molecule has 0 aliphatic heterocycles. The van der Waals surface area contributed by atoms with E-state index < -0.39 is 0 Å². The standard InChI is InChI=1S/C14H16ClN3O/c1-8(2)7-18-14(19)13-11-5-9(15)6-12(16)10(11)3-4-17-13/h3-6,8H,7,16H2,1-2H3,(H,18,19). The van der Waals surface area contributed by atoms with E-state index in [2.05, 4.69) is 10.3 Å². The van der Waals surface area contributed by atoms with Crippen LogP contribution in [-0.4, -0.2) is 17.4 Å². The Hall–Kier alpha value is -1.81. The van der Waals surface area contributed by atoms with Gasteiger partial charge in [0.1, 0.15) is 5.69 Å². The van der Waals surface area contributed by atoms with Crippen molar-refractivity contribution in [2.24, 2.45) is 5.92 Å². The molecule has 0 aliphatic rings. The fourth-order valence-corrected chi connectivity index (χ4v) is 2.07. The highest BCUT2D eigenvalue weighted by Crippen LogP contribution is 2.27. The Balaban J connectivity index is 2.46. The molecule has 5 heteroatoms. The molecule has 0 unspecified atom stereocenters. The lowest BCUT2D eigenvalue weighted by Gasteiger charge is -2.10. The normalized spacial score (nSPS) is 10.9. The molecule has 100 valence electrons. The van der Waals surface area contributed by atoms with Gasteiger partial charge in [-0.05, 0) is 24.1 Å². The number of benzene rings is 1. The molecule has 0 spiro atoms. The van der Waals surface area contributed by atoms with Gasteiger partial charge in [-0.2, -0.15) is 0 Å². The SMILES string of the molecule is CC(C)CNC(=O)c1nccc2c(N)cc(Cl)cc12. The summed E-state index contributed by atoms with van der Waals surface area (Å²) >= 11 is 5.99. The van der Waals surface area contributed by atoms with Gasteiger partial charge in [-0.3, -0.25) is 9.78 Å². The topological polar surface area (TPSA) is 68.0 Å². The van der Waals surface area contributed by atoms with Gasteiger partial charge in [-0.25, -0.2) is 0 Å². The zero-order valence-corrected chi connectivity index (χ0v) is 11.7. The zero-order valence-electron chi connectivity index (χ0n) is 10.9. The van der Waals surface area contributed by atoms with E-state index in [0.717, 1.165) is 5.39 Å². The second-order valence-electron chi connectivity index (χ2n) is 4.85. The third kappa shape index (κ3) is 2.96. The van der Waals surface area contributed by atoms with Gasteiger partial charge in [0, 0.05) is 34.2 Å². The van der Waals surface area contributed by atoms with Crippen LogP contribution in [0.5, 0.6) is 0 Å². The second-order valence-corrected chi connectivity index (χ2v) is 5.29. The summed E-state index contributed by atoms with van der Waals surface area (Å²) in [5.41, 5.74) is 6.80. The molecule has 0 bridgehead atoms. The fourth-order valence-electron chi connectivity index (χ4n) is 1.84. The number of aromatic nitrogens is 1. The highest BCUT2D eigenvalue weighted by atomic mass is 35.5. The van der Waals surface area contributed by atoms with E-state index in [1.807, 2.05) is 13.8 Å². The highest BCUT2D eigenvalue weighted by Gasteiger charge is 2.13. The monoisotopic (exact) mass is 277 g/mol. The van der Waals surface area contributed by atoms with E-state index in [4.69, 9.17) is 17.3 Å². The van der Waals surface area contributed by atoms with Gasteiger partial charge < -0.3 is 11.1 Å². The lowest BCUT2D eigenvalue weighted by Crippen LogP contribution is -2.28. The Morgan fingerprint density at radius 1 is 1.42 bits per heavy atom. The number of nitrogens with one attached hydrogen (secondary N) is 1. The maximum Gasteiger partial charge on any atom is 0.270 e. The number of anilines is 1. The van der Waals surface area contributed by atoms with E-state index in [9.17, 15) is 4.79 Å². The Morgan fingerprint density at radius 3 is 2.84 bits per heavy atom. The van der Waals surface area contributed by atoms with Crippen molar-refractivity contribution in [1.82, 2.24) is 10.3 Å². The summed E-state index contributed by atoms with van der Waals surface area (Å²) in [7, 11) is 0. The number of nitrogens with zero attached hydrogens (tertiary/aromatic N) is 1. The first-order valence-electron chi connectivity index (χ1n) is 6.11. The van der Waals surface area contributed by atoms with Crippen LogP contribution in [0.4, 0.5) is 5.69 Å². The molecule has 4 nitrogen and oxygen atoms in total. The van der Waals surface area contributed by atoms with Gasteiger partial charge in [0.15, 0.2) is 0 Å². The summed E-state index contributed by atoms with van der Waals surface area (Å²) in [5.74, 6) is 0.175. The summed E-state index contributed by atoms with van der Waals surface area (Å²) in [6.07, 6.45) is 1.58. The first-order valence-corrected chi connectivity index (χ1v) is 6.48. The molecule has 0 atom stereocenters. The molecule has 3 N–H and O–H groups in total. The van der Waals surface area contributed by atoms with Crippen LogP contribution in [0.25, 0.3) is 10.8 Å². The molecule has 19 heavy (non-hydrogen) atoms. The number of hydrogen-bond donors (Lipinski definition) is 2. The van der Waals surface area contributed by atoms with Crippen LogP contribution in [-0.2, 0) is 0 Å². The molecule has 0 saturated heterocycles. The van der Waals surface area contributed by atoms with Gasteiger partial charge >= 0.3 is 0 Å². The predicted octanol–water partition coefficient (Wildman–Crippen LogP) is 2.86. The number of amides is 1. The minimum Gasteiger partial charge on any atom is -0.398 e. The van der Waals surface area contributed by atoms with E-state index in [-0.39, 0.29) is 5.91 Å². The Labute approximate surface area is 117 Å². The molecular formula is C14H16ClN3O. The quantitative estimate of drug-likeness (QED) is 0.848. The molecule has 0 saturated carbocycles. The number of fused-ring (bicyclic) bond motifs is 1. The fraction of sp³-hybridized carbons (Fsp3) is 0.286. The van der Waals surface area contributed by atoms with Gasteiger partial charge in [0.05, 0.1) is 0 Å². The highest BCUT2D eigenvalue weighted by molar-refractivity contribution is 6.32. The molecular weight excluding hydrogens is 262 g/mol. The van der Waals surface area contributed by atoms with Crippen molar-refractivity contribution >= 4 is 34.0 Å². The summed E-state index contributed by atoms with van der Waals surface area (Å²) in [6, 6.07) is 5.16. The minimum absolute atomic E-state index is 0.207. The largest absolute Gasteiger partial charge is 0.398 e. The van der Waals surface area contributed by atoms with Crippen LogP contribution < -0.4 is 11.1 Å². The molecule has 1 amide bonds. The predicted molar refractivity (Wildman–Crippen MR) is 78.3 cm³/mol. The van der Waals surface area contributed by atoms with Gasteiger partial charge in [0.2, 0.25) is 0 Å². The Morgan fingerprint density at radius 2 is 2.16 bits per heavy atom. The number of halogens is 1. The maximum absolute atomic E-state index is 12.1. The van der Waals surface area contributed by atoms with Crippen molar-refractivity contribution in [2.45, 2.75) is 13.8 Å². The second kappa shape index (κ2) is 5.45. The Kier molecular flexibility index (Phi) is 3.90. The van der Waals surface area contributed by atoms with Crippen LogP contribution >= 0.6 is 11.6 Å². The summed E-state index contributed by atoms with van der Waals surface area (Å²) in [4.78, 5) is 16.3. The molecule has 1 heterocycles. The Bertz CT molecular complexity index is 625. The van der Waals surface area contributed by atoms with Crippen LogP contribution in [0.15, 0.2) is 24.4 Å². The molecule has 2 aromatic rings. The van der Waals surface area contributed by atoms with Crippen molar-refractivity contribution in [3.63, 3.8) is 0 Å². The van der Waals surface area contributed by atoms with E-state index in [1.54, 1.807) is 24.4 Å². The van der Waals surface area contributed by atoms with Crippen molar-refractivity contribution in [3.05, 3.63) is 35.1 Å². The lowest BCUT2D eigenvalue weighted by atomic mass is 10.1. The first-order chi connectivity index (χ1) is 8.99. The maximum atomic E-state index is 12.1. The third-order valence-electron chi connectivity index (χ3n) is 2.76. The number of nitrogen functional groups attached to an aromatic ring is 1. The smallest absolute Gasteiger partial charge is 0.270 e. The minimum atomic E-state index is -0.207. The molecule has 2 rings (SSSR count). The van der Waals surface area contributed by atoms with Gasteiger partial charge in [-0.1, -0.05) is 25.4 Å². The van der Waals surface area contributed by atoms with Crippen molar-refractivity contribution in [1.29, 1.82) is 0 Å².